The number of fused-ring (bicyclic) bond motifs is 2. The lowest BCUT2D eigenvalue weighted by Crippen LogP contribution is -2.54. The van der Waals surface area contributed by atoms with Crippen molar-refractivity contribution in [3.63, 3.8) is 0 Å². The minimum absolute atomic E-state index is 0.121. The Labute approximate surface area is 186 Å². The lowest BCUT2D eigenvalue weighted by molar-refractivity contribution is 0.0719. The van der Waals surface area contributed by atoms with Crippen molar-refractivity contribution in [3.8, 4) is 11.8 Å². The Kier molecular flexibility index (Phi) is 6.56. The highest BCUT2D eigenvalue weighted by molar-refractivity contribution is 5.89. The van der Waals surface area contributed by atoms with Gasteiger partial charge in [-0.15, -0.1) is 0 Å². The van der Waals surface area contributed by atoms with Crippen LogP contribution in [-0.2, 0) is 0 Å². The van der Waals surface area contributed by atoms with Crippen LogP contribution in [0.25, 0.3) is 0 Å². The first-order valence-corrected chi connectivity index (χ1v) is 10.8. The molecule has 168 valence electrons. The molecule has 0 spiro atoms. The molecule has 1 aliphatic heterocycles. The molecule has 1 heterocycles. The van der Waals surface area contributed by atoms with Gasteiger partial charge in [0.05, 0.1) is 11.6 Å². The van der Waals surface area contributed by atoms with Crippen molar-refractivity contribution in [1.29, 1.82) is 5.26 Å². The van der Waals surface area contributed by atoms with E-state index in [0.717, 1.165) is 50.4 Å². The third-order valence-electron chi connectivity index (χ3n) is 6.46. The molecule has 1 aliphatic carbocycles. The highest BCUT2D eigenvalue weighted by Crippen LogP contribution is 2.39. The molecule has 4 rings (SSSR count). The summed E-state index contributed by atoms with van der Waals surface area (Å²) < 4.78 is 32.4. The zero-order valence-electron chi connectivity index (χ0n) is 17.9. The fourth-order valence-electron chi connectivity index (χ4n) is 4.95. The number of rotatable bonds is 6. The van der Waals surface area contributed by atoms with Gasteiger partial charge in [0.25, 0.3) is 0 Å². The summed E-state index contributed by atoms with van der Waals surface area (Å²) in [7, 11) is 1.77. The van der Waals surface area contributed by atoms with Crippen molar-refractivity contribution < 1.29 is 18.3 Å². The molecule has 2 amide bonds. The third-order valence-corrected chi connectivity index (χ3v) is 6.46. The number of urea groups is 1. The van der Waals surface area contributed by atoms with Crippen molar-refractivity contribution in [2.24, 2.45) is 11.8 Å². The molecule has 2 aromatic carbocycles. The van der Waals surface area contributed by atoms with Crippen LogP contribution < -0.4 is 10.1 Å². The minimum atomic E-state index is -0.984. The lowest BCUT2D eigenvalue weighted by atomic mass is 9.91. The Hall–Kier alpha value is -3.18. The number of amides is 2. The average Bonchev–Trinajstić information content (AvgIpc) is 3.06. The number of hydrogen-bond acceptors (Lipinski definition) is 4. The number of nitrogens with one attached hydrogen (secondary N) is 1. The van der Waals surface area contributed by atoms with Crippen molar-refractivity contribution in [2.75, 3.05) is 38.6 Å². The number of piperidine rings is 1. The second-order valence-electron chi connectivity index (χ2n) is 8.50. The van der Waals surface area contributed by atoms with E-state index in [4.69, 9.17) is 10.00 Å². The van der Waals surface area contributed by atoms with Gasteiger partial charge < -0.3 is 15.0 Å². The molecule has 0 radical (unpaired) electrons. The second-order valence-corrected chi connectivity index (χ2v) is 8.50. The summed E-state index contributed by atoms with van der Waals surface area (Å²) >= 11 is 0. The molecule has 1 saturated carbocycles. The topological polar surface area (TPSA) is 68.6 Å². The van der Waals surface area contributed by atoms with Crippen molar-refractivity contribution >= 4 is 11.7 Å². The summed E-state index contributed by atoms with van der Waals surface area (Å²) in [5.41, 5.74) is 0.846. The molecular formula is C24H26F2N4O2. The highest BCUT2D eigenvalue weighted by Gasteiger charge is 2.45. The Balaban J connectivity index is 1.28. The molecule has 2 atom stereocenters. The Morgan fingerprint density at radius 2 is 1.84 bits per heavy atom. The number of ether oxygens (including phenoxy) is 1. The number of carbonyl (C=O) groups excluding carboxylic acids is 1. The summed E-state index contributed by atoms with van der Waals surface area (Å²) in [6.07, 6.45) is 2.12. The molecule has 0 aromatic heterocycles. The average molecular weight is 440 g/mol. The van der Waals surface area contributed by atoms with Gasteiger partial charge >= 0.3 is 6.03 Å². The monoisotopic (exact) mass is 440 g/mol. The maximum Gasteiger partial charge on any atom is 0.321 e. The third kappa shape index (κ3) is 4.83. The summed E-state index contributed by atoms with van der Waals surface area (Å²) in [5.74, 6) is -0.448. The van der Waals surface area contributed by atoms with E-state index < -0.39 is 11.6 Å². The predicted octanol–water partition coefficient (Wildman–Crippen LogP) is 4.09. The van der Waals surface area contributed by atoms with Crippen LogP contribution in [0.1, 0.15) is 18.4 Å². The van der Waals surface area contributed by atoms with Gasteiger partial charge in [0.15, 0.2) is 11.6 Å². The van der Waals surface area contributed by atoms with Crippen molar-refractivity contribution in [2.45, 2.75) is 18.9 Å². The van der Waals surface area contributed by atoms with Crippen molar-refractivity contribution in [1.82, 2.24) is 9.80 Å². The molecule has 32 heavy (non-hydrogen) atoms. The quantitative estimate of drug-likeness (QED) is 0.735. The van der Waals surface area contributed by atoms with Crippen LogP contribution in [0.3, 0.4) is 0 Å². The zero-order chi connectivity index (χ0) is 22.7. The molecule has 8 heteroatoms. The predicted molar refractivity (Wildman–Crippen MR) is 116 cm³/mol. The lowest BCUT2D eigenvalue weighted by Gasteiger charge is -2.42. The van der Waals surface area contributed by atoms with Crippen LogP contribution in [0.15, 0.2) is 42.5 Å². The molecule has 2 bridgehead atoms. The maximum atomic E-state index is 13.4. The molecule has 6 nitrogen and oxygen atoms in total. The number of halogens is 2. The van der Waals surface area contributed by atoms with Crippen LogP contribution in [0.4, 0.5) is 19.3 Å². The Morgan fingerprint density at radius 3 is 2.47 bits per heavy atom. The smallest absolute Gasteiger partial charge is 0.321 e. The van der Waals surface area contributed by atoms with Crippen LogP contribution in [-0.4, -0.2) is 55.2 Å². The van der Waals surface area contributed by atoms with Crippen LogP contribution >= 0.6 is 0 Å². The molecule has 2 unspecified atom stereocenters. The number of hydrogen-bond donors (Lipinski definition) is 1. The number of benzene rings is 2. The number of nitrogens with zero attached hydrogens (tertiary/aromatic N) is 3. The number of anilines is 1. The molecule has 1 N–H and O–H groups in total. The molecule has 2 fully saturated rings. The van der Waals surface area contributed by atoms with E-state index in [1.165, 1.54) is 6.07 Å². The zero-order valence-corrected chi connectivity index (χ0v) is 17.9. The van der Waals surface area contributed by atoms with E-state index in [1.807, 2.05) is 0 Å². The van der Waals surface area contributed by atoms with Gasteiger partial charge in [-0.2, -0.15) is 5.26 Å². The number of nitriles is 1. The van der Waals surface area contributed by atoms with E-state index in [9.17, 15) is 13.6 Å². The van der Waals surface area contributed by atoms with Gasteiger partial charge in [0, 0.05) is 44.5 Å². The van der Waals surface area contributed by atoms with E-state index in [0.29, 0.717) is 24.0 Å². The fraction of sp³-hybridized carbons (Fsp3) is 0.417. The van der Waals surface area contributed by atoms with Gasteiger partial charge in [-0.25, -0.2) is 13.6 Å². The first kappa shape index (κ1) is 22.0. The summed E-state index contributed by atoms with van der Waals surface area (Å²) in [4.78, 5) is 16.8. The second kappa shape index (κ2) is 9.53. The van der Waals surface area contributed by atoms with Crippen LogP contribution in [0.2, 0.25) is 0 Å². The Morgan fingerprint density at radius 1 is 1.16 bits per heavy atom. The SMILES string of the molecule is CN(C(=O)Nc1ccc(F)c(F)c1)C1C2CCC1CN(CCOc1ccc(C#N)cc1)C2. The largest absolute Gasteiger partial charge is 0.492 e. The summed E-state index contributed by atoms with van der Waals surface area (Å²) in [5, 5.41) is 11.5. The van der Waals surface area contributed by atoms with Gasteiger partial charge in [-0.1, -0.05) is 0 Å². The van der Waals surface area contributed by atoms with Gasteiger partial charge in [0.2, 0.25) is 0 Å². The van der Waals surface area contributed by atoms with Gasteiger partial charge in [-0.05, 0) is 61.1 Å². The standard InChI is InChI=1S/C24H26F2N4O2/c1-29(24(31)28-19-6-9-21(25)22(26)12-19)23-17-4-5-18(23)15-30(14-17)10-11-32-20-7-2-16(13-27)3-8-20/h2-3,6-9,12,17-18,23H,4-5,10-11,14-15H2,1H3,(H,28,31). The van der Waals surface area contributed by atoms with Crippen LogP contribution in [0.5, 0.6) is 5.75 Å². The first-order chi connectivity index (χ1) is 15.4. The Bertz CT molecular complexity index is 994. The van der Waals surface area contributed by atoms with Gasteiger partial charge in [-0.3, -0.25) is 4.90 Å². The molecule has 2 aliphatic rings. The minimum Gasteiger partial charge on any atom is -0.492 e. The number of carbonyl (C=O) groups is 1. The molecule has 2 aromatic rings. The van der Waals surface area contributed by atoms with Crippen LogP contribution in [0, 0.1) is 34.8 Å². The maximum absolute atomic E-state index is 13.4. The number of likely N-dealkylation sites (tertiary alicyclic amines) is 1. The highest BCUT2D eigenvalue weighted by atomic mass is 19.2. The first-order valence-electron chi connectivity index (χ1n) is 10.8. The van der Waals surface area contributed by atoms with E-state index in [1.54, 1.807) is 36.2 Å². The molecular weight excluding hydrogens is 414 g/mol. The fourth-order valence-corrected chi connectivity index (χ4v) is 4.95. The normalized spacial score (nSPS) is 22.2. The van der Waals surface area contributed by atoms with E-state index in [-0.39, 0.29) is 17.8 Å². The van der Waals surface area contributed by atoms with E-state index >= 15 is 0 Å². The summed E-state index contributed by atoms with van der Waals surface area (Å²) in [6.45, 7) is 3.13. The van der Waals surface area contributed by atoms with E-state index in [2.05, 4.69) is 16.3 Å². The molecule has 1 saturated heterocycles. The van der Waals surface area contributed by atoms with Crippen molar-refractivity contribution in [3.05, 3.63) is 59.7 Å². The summed E-state index contributed by atoms with van der Waals surface area (Å²) in [6, 6.07) is 12.3. The van der Waals surface area contributed by atoms with Gasteiger partial charge in [0.1, 0.15) is 12.4 Å².